The summed E-state index contributed by atoms with van der Waals surface area (Å²) in [6.45, 7) is 1.26. The molecule has 3 aromatic rings. The van der Waals surface area contributed by atoms with Crippen LogP contribution in [-0.2, 0) is 22.6 Å². The van der Waals surface area contributed by atoms with E-state index in [1.165, 1.54) is 7.11 Å². The molecule has 1 aliphatic heterocycles. The molecular formula is C27H30F3N3O6S. The number of ether oxygens (including phenoxy) is 1. The second kappa shape index (κ2) is 12.0. The van der Waals surface area contributed by atoms with Crippen LogP contribution in [0.15, 0.2) is 39.9 Å². The van der Waals surface area contributed by atoms with Gasteiger partial charge in [0.15, 0.2) is 0 Å². The molecule has 1 aliphatic rings. The predicted molar refractivity (Wildman–Crippen MR) is 143 cm³/mol. The number of alkyl halides is 3. The number of aromatic nitrogens is 2. The van der Waals surface area contributed by atoms with Crippen LogP contribution in [0.2, 0.25) is 0 Å². The first kappa shape index (κ1) is 29.5. The number of nitrogens with zero attached hydrogens (tertiary/aromatic N) is 3. The number of methoxy groups -OCH3 is 1. The number of halogens is 3. The topological polar surface area (TPSA) is 111 Å². The van der Waals surface area contributed by atoms with Gasteiger partial charge >= 0.3 is 17.8 Å². The summed E-state index contributed by atoms with van der Waals surface area (Å²) in [5.74, 6) is -1.35. The number of rotatable bonds is 9. The first-order valence-electron chi connectivity index (χ1n) is 12.8. The zero-order valence-corrected chi connectivity index (χ0v) is 22.9. The molecule has 0 bridgehead atoms. The fraction of sp³-hybridized carbons (Fsp3) is 0.481. The number of amides is 1. The summed E-state index contributed by atoms with van der Waals surface area (Å²) in [5.41, 5.74) is -0.628. The normalized spacial score (nSPS) is 15.5. The van der Waals surface area contributed by atoms with E-state index in [1.54, 1.807) is 42.2 Å². The summed E-state index contributed by atoms with van der Waals surface area (Å²) in [6, 6.07) is 8.83. The van der Waals surface area contributed by atoms with Gasteiger partial charge in [-0.1, -0.05) is 30.3 Å². The van der Waals surface area contributed by atoms with Gasteiger partial charge in [0.2, 0.25) is 0 Å². The van der Waals surface area contributed by atoms with E-state index in [2.05, 4.69) is 0 Å². The molecule has 1 unspecified atom stereocenters. The number of thiophene rings is 1. The number of hydrogen-bond donors (Lipinski definition) is 1. The quantitative estimate of drug-likeness (QED) is 0.406. The fourth-order valence-electron chi connectivity index (χ4n) is 5.08. The van der Waals surface area contributed by atoms with Crippen molar-refractivity contribution in [3.05, 3.63) is 67.2 Å². The van der Waals surface area contributed by atoms with E-state index in [4.69, 9.17) is 9.84 Å². The molecule has 1 amide bonds. The van der Waals surface area contributed by atoms with E-state index in [-0.39, 0.29) is 34.0 Å². The standard InChI is InChI=1S/C27H30F3N3O6S/c1-16-21-23(36)33(15-19(39-2)18-6-4-3-5-7-18)26(38)32(13-10-27(28,29)30)25(21)40-22(16)24(37)31-11-8-17(9-12-31)14-20(34)35/h3-7,17,19H,8-15H2,1-2H3,(H,34,35). The van der Waals surface area contributed by atoms with Gasteiger partial charge in [-0.05, 0) is 36.8 Å². The van der Waals surface area contributed by atoms with Crippen LogP contribution in [0, 0.1) is 12.8 Å². The maximum Gasteiger partial charge on any atom is 0.390 e. The molecule has 1 atom stereocenters. The van der Waals surface area contributed by atoms with Crippen molar-refractivity contribution in [3.8, 4) is 0 Å². The van der Waals surface area contributed by atoms with E-state index in [9.17, 15) is 32.3 Å². The summed E-state index contributed by atoms with van der Waals surface area (Å²) in [4.78, 5) is 53.4. The molecule has 13 heteroatoms. The number of carbonyl (C=O) groups excluding carboxylic acids is 1. The number of aliphatic carboxylic acids is 1. The predicted octanol–water partition coefficient (Wildman–Crippen LogP) is 4.20. The van der Waals surface area contributed by atoms with Gasteiger partial charge in [-0.15, -0.1) is 11.3 Å². The number of benzene rings is 1. The third-order valence-corrected chi connectivity index (χ3v) is 8.58. The Kier molecular flexibility index (Phi) is 8.83. The number of hydrogen-bond acceptors (Lipinski definition) is 6. The molecule has 40 heavy (non-hydrogen) atoms. The van der Waals surface area contributed by atoms with E-state index < -0.39 is 48.4 Å². The van der Waals surface area contributed by atoms with Gasteiger partial charge in [0.25, 0.3) is 11.5 Å². The number of carboxylic acid groups (broad SMARTS) is 1. The van der Waals surface area contributed by atoms with Crippen LogP contribution in [0.25, 0.3) is 10.2 Å². The van der Waals surface area contributed by atoms with E-state index >= 15 is 0 Å². The minimum absolute atomic E-state index is 0.0143. The molecule has 1 N–H and O–H groups in total. The Balaban J connectivity index is 1.77. The maximum absolute atomic E-state index is 13.7. The van der Waals surface area contributed by atoms with Crippen molar-refractivity contribution < 1.29 is 32.6 Å². The zero-order chi connectivity index (χ0) is 29.2. The second-order valence-corrected chi connectivity index (χ2v) is 10.9. The molecule has 2 aromatic heterocycles. The highest BCUT2D eigenvalue weighted by atomic mass is 32.1. The molecule has 1 aromatic carbocycles. The van der Waals surface area contributed by atoms with Crippen molar-refractivity contribution in [3.63, 3.8) is 0 Å². The highest BCUT2D eigenvalue weighted by Crippen LogP contribution is 2.32. The average Bonchev–Trinajstić information content (AvgIpc) is 3.25. The Hall–Kier alpha value is -3.45. The average molecular weight is 582 g/mol. The van der Waals surface area contributed by atoms with Crippen LogP contribution in [-0.4, -0.2) is 57.4 Å². The molecule has 4 rings (SSSR count). The molecule has 216 valence electrons. The molecule has 1 fully saturated rings. The van der Waals surface area contributed by atoms with Crippen molar-refractivity contribution in [1.82, 2.24) is 14.0 Å². The van der Waals surface area contributed by atoms with Crippen LogP contribution in [0.3, 0.4) is 0 Å². The van der Waals surface area contributed by atoms with Gasteiger partial charge in [-0.2, -0.15) is 13.2 Å². The SMILES string of the molecule is COC(Cn1c(=O)c2c(C)c(C(=O)N3CCC(CC(=O)O)CC3)sc2n(CCC(F)(F)F)c1=O)c1ccccc1. The lowest BCUT2D eigenvalue weighted by molar-refractivity contribution is -0.138. The summed E-state index contributed by atoms with van der Waals surface area (Å²) in [7, 11) is 1.41. The lowest BCUT2D eigenvalue weighted by Crippen LogP contribution is -2.41. The van der Waals surface area contributed by atoms with Crippen molar-refractivity contribution in [2.75, 3.05) is 20.2 Å². The van der Waals surface area contributed by atoms with Gasteiger partial charge in [0.05, 0.1) is 23.2 Å². The monoisotopic (exact) mass is 581 g/mol. The maximum atomic E-state index is 13.7. The molecule has 1 saturated heterocycles. The smallest absolute Gasteiger partial charge is 0.390 e. The highest BCUT2D eigenvalue weighted by Gasteiger charge is 2.32. The van der Waals surface area contributed by atoms with Crippen LogP contribution < -0.4 is 11.2 Å². The minimum atomic E-state index is -4.54. The largest absolute Gasteiger partial charge is 0.481 e. The van der Waals surface area contributed by atoms with E-state index in [0.717, 1.165) is 20.5 Å². The molecule has 0 radical (unpaired) electrons. The number of fused-ring (bicyclic) bond motifs is 1. The van der Waals surface area contributed by atoms with Gasteiger partial charge < -0.3 is 14.7 Å². The summed E-state index contributed by atoms with van der Waals surface area (Å²) in [5, 5.41) is 9.07. The van der Waals surface area contributed by atoms with Gasteiger partial charge in [0.1, 0.15) is 10.9 Å². The minimum Gasteiger partial charge on any atom is -0.481 e. The molecular weight excluding hydrogens is 551 g/mol. The van der Waals surface area contributed by atoms with Crippen LogP contribution >= 0.6 is 11.3 Å². The van der Waals surface area contributed by atoms with Crippen LogP contribution in [0.4, 0.5) is 13.2 Å². The first-order chi connectivity index (χ1) is 18.9. The van der Waals surface area contributed by atoms with Gasteiger partial charge in [-0.3, -0.25) is 23.5 Å². The molecule has 0 aliphatic carbocycles. The fourth-order valence-corrected chi connectivity index (χ4v) is 6.36. The van der Waals surface area contributed by atoms with Crippen LogP contribution in [0.1, 0.15) is 52.6 Å². The number of aryl methyl sites for hydroxylation is 2. The van der Waals surface area contributed by atoms with E-state index in [1.807, 2.05) is 0 Å². The Morgan fingerprint density at radius 2 is 1.77 bits per heavy atom. The molecule has 0 saturated carbocycles. The molecule has 0 spiro atoms. The Morgan fingerprint density at radius 1 is 1.12 bits per heavy atom. The Labute approximate surface area is 231 Å². The number of piperidine rings is 1. The van der Waals surface area contributed by atoms with Crippen molar-refractivity contribution >= 4 is 33.4 Å². The van der Waals surface area contributed by atoms with Crippen molar-refractivity contribution in [2.45, 2.75) is 58.0 Å². The van der Waals surface area contributed by atoms with E-state index in [0.29, 0.717) is 37.1 Å². The lowest BCUT2D eigenvalue weighted by atomic mass is 9.93. The lowest BCUT2D eigenvalue weighted by Gasteiger charge is -2.31. The van der Waals surface area contributed by atoms with Gasteiger partial charge in [0, 0.05) is 33.2 Å². The van der Waals surface area contributed by atoms with Crippen molar-refractivity contribution in [1.29, 1.82) is 0 Å². The third-order valence-electron chi connectivity index (χ3n) is 7.28. The second-order valence-electron chi connectivity index (χ2n) is 9.92. The Morgan fingerprint density at radius 3 is 2.35 bits per heavy atom. The summed E-state index contributed by atoms with van der Waals surface area (Å²) < 4.78 is 46.9. The first-order valence-corrected chi connectivity index (χ1v) is 13.6. The van der Waals surface area contributed by atoms with Crippen molar-refractivity contribution in [2.24, 2.45) is 5.92 Å². The van der Waals surface area contributed by atoms with Gasteiger partial charge in [-0.25, -0.2) is 4.79 Å². The number of likely N-dealkylation sites (tertiary alicyclic amines) is 1. The molecule has 3 heterocycles. The Bertz CT molecular complexity index is 1500. The molecule has 9 nitrogen and oxygen atoms in total. The number of carbonyl (C=O) groups is 2. The summed E-state index contributed by atoms with van der Waals surface area (Å²) in [6.07, 6.45) is -5.53. The highest BCUT2D eigenvalue weighted by molar-refractivity contribution is 7.20. The third kappa shape index (κ3) is 6.30. The zero-order valence-electron chi connectivity index (χ0n) is 22.1. The summed E-state index contributed by atoms with van der Waals surface area (Å²) >= 11 is 0.838. The van der Waals surface area contributed by atoms with Crippen LogP contribution in [0.5, 0.6) is 0 Å². The number of carboxylic acids is 1.